The largest absolute Gasteiger partial charge is 0.508 e. The van der Waals surface area contributed by atoms with Crippen LogP contribution in [-0.2, 0) is 4.79 Å². The molecule has 0 bridgehead atoms. The molecular weight excluding hydrogens is 545 g/mol. The number of hydrogen-bond donors (Lipinski definition) is 3. The third kappa shape index (κ3) is 5.99. The summed E-state index contributed by atoms with van der Waals surface area (Å²) < 4.78 is 14.1. The number of carbonyl (C=O) groups is 1. The number of benzene rings is 1. The first-order valence-corrected chi connectivity index (χ1v) is 14.5. The van der Waals surface area contributed by atoms with Crippen LogP contribution in [0.15, 0.2) is 66.0 Å². The van der Waals surface area contributed by atoms with Crippen LogP contribution < -0.4 is 5.32 Å². The van der Waals surface area contributed by atoms with Crippen LogP contribution in [0.2, 0.25) is 0 Å². The fourth-order valence-electron chi connectivity index (χ4n) is 5.48. The van der Waals surface area contributed by atoms with E-state index in [2.05, 4.69) is 20.3 Å². The minimum atomic E-state index is -0.547. The molecule has 1 fully saturated rings. The Morgan fingerprint density at radius 1 is 1.09 bits per heavy atom. The number of amides is 1. The van der Waals surface area contributed by atoms with Crippen LogP contribution in [0, 0.1) is 18.7 Å². The van der Waals surface area contributed by atoms with E-state index in [0.717, 1.165) is 49.3 Å². The number of fused-ring (bicyclic) bond motifs is 1. The predicted octanol–water partition coefficient (Wildman–Crippen LogP) is 6.61. The van der Waals surface area contributed by atoms with Crippen molar-refractivity contribution in [3.63, 3.8) is 0 Å². The van der Waals surface area contributed by atoms with E-state index in [9.17, 15) is 14.3 Å². The summed E-state index contributed by atoms with van der Waals surface area (Å²) in [6.45, 7) is 4.57. The van der Waals surface area contributed by atoms with Crippen molar-refractivity contribution >= 4 is 28.5 Å². The van der Waals surface area contributed by atoms with E-state index in [4.69, 9.17) is 15.0 Å². The number of anilines is 1. The molecule has 9 nitrogen and oxygen atoms in total. The molecule has 1 aliphatic rings. The van der Waals surface area contributed by atoms with Crippen molar-refractivity contribution in [3.05, 3.63) is 84.0 Å². The van der Waals surface area contributed by atoms with E-state index in [-0.39, 0.29) is 17.6 Å². The van der Waals surface area contributed by atoms with E-state index >= 15 is 0 Å². The number of aromatic nitrogens is 5. The molecule has 6 rings (SSSR count). The number of hydrogen-bond acceptors (Lipinski definition) is 7. The van der Waals surface area contributed by atoms with Crippen LogP contribution in [0.5, 0.6) is 5.75 Å². The Kier molecular flexibility index (Phi) is 7.91. The maximum atomic E-state index is 14.1. The summed E-state index contributed by atoms with van der Waals surface area (Å²) in [5.74, 6) is -0.152. The lowest BCUT2D eigenvalue weighted by molar-refractivity contribution is -0.119. The number of halogens is 1. The molecule has 0 atom stereocenters. The van der Waals surface area contributed by atoms with Crippen molar-refractivity contribution in [1.29, 1.82) is 0 Å². The number of pyridine rings is 3. The van der Waals surface area contributed by atoms with Gasteiger partial charge in [0.05, 0.1) is 23.3 Å². The molecule has 0 radical (unpaired) electrons. The second kappa shape index (κ2) is 12.1. The van der Waals surface area contributed by atoms with Crippen molar-refractivity contribution in [2.75, 3.05) is 11.9 Å². The molecule has 4 aromatic heterocycles. The summed E-state index contributed by atoms with van der Waals surface area (Å²) >= 11 is 0. The number of carbonyl (C=O) groups excluding carboxylic acids is 1. The van der Waals surface area contributed by atoms with Gasteiger partial charge in [0.25, 0.3) is 0 Å². The highest BCUT2D eigenvalue weighted by molar-refractivity contribution is 6.12. The molecule has 1 aliphatic carbocycles. The second-order valence-electron chi connectivity index (χ2n) is 10.9. The van der Waals surface area contributed by atoms with Gasteiger partial charge in [-0.15, -0.1) is 0 Å². The monoisotopic (exact) mass is 577 g/mol. The van der Waals surface area contributed by atoms with Crippen molar-refractivity contribution < 1.29 is 14.3 Å². The fourth-order valence-corrected chi connectivity index (χ4v) is 5.48. The minimum Gasteiger partial charge on any atom is -0.508 e. The molecule has 218 valence electrons. The lowest BCUT2D eigenvalue weighted by Crippen LogP contribution is -2.20. The standard InChI is InChI=1S/C33H32FN7O2/c1-3-11-36-30(32-40-29-26(10-12-37-31(29)41-32)21-13-23(34)16-25(42)15-21)28-19(2)8-9-27(39-28)22-14-24(18-35-17-22)38-33(43)20-6-4-5-7-20/h8-10,12-18,20,42H,3-7,11H2,1-2H3,(H,38,43)(H,37,40,41)/b36-30+. The number of aliphatic imine (C=N–C) groups is 1. The zero-order chi connectivity index (χ0) is 29.9. The summed E-state index contributed by atoms with van der Waals surface area (Å²) in [6.07, 6.45) is 9.83. The van der Waals surface area contributed by atoms with E-state index < -0.39 is 5.82 Å². The van der Waals surface area contributed by atoms with Gasteiger partial charge in [0, 0.05) is 42.0 Å². The first kappa shape index (κ1) is 28.1. The molecule has 0 unspecified atom stereocenters. The molecule has 43 heavy (non-hydrogen) atoms. The van der Waals surface area contributed by atoms with Crippen LogP contribution >= 0.6 is 0 Å². The quantitative estimate of drug-likeness (QED) is 0.178. The number of nitrogens with one attached hydrogen (secondary N) is 2. The molecular formula is C33H32FN7O2. The summed E-state index contributed by atoms with van der Waals surface area (Å²) in [4.78, 5) is 39.5. The van der Waals surface area contributed by atoms with Gasteiger partial charge in [0.15, 0.2) is 11.5 Å². The normalized spacial score (nSPS) is 14.0. The lowest BCUT2D eigenvalue weighted by Gasteiger charge is -2.12. The van der Waals surface area contributed by atoms with Crippen LogP contribution in [0.4, 0.5) is 10.1 Å². The summed E-state index contributed by atoms with van der Waals surface area (Å²) in [7, 11) is 0. The van der Waals surface area contributed by atoms with Crippen LogP contribution in [0.25, 0.3) is 33.5 Å². The van der Waals surface area contributed by atoms with Crippen molar-refractivity contribution in [2.45, 2.75) is 46.0 Å². The molecule has 5 aromatic rings. The van der Waals surface area contributed by atoms with Crippen molar-refractivity contribution in [2.24, 2.45) is 10.9 Å². The number of imidazole rings is 1. The Labute approximate surface area is 248 Å². The van der Waals surface area contributed by atoms with E-state index in [0.29, 0.717) is 57.4 Å². The smallest absolute Gasteiger partial charge is 0.227 e. The average Bonchev–Trinajstić information content (AvgIpc) is 3.69. The van der Waals surface area contributed by atoms with Crippen LogP contribution in [0.1, 0.15) is 56.1 Å². The Balaban J connectivity index is 1.38. The summed E-state index contributed by atoms with van der Waals surface area (Å²) in [5.41, 5.74) is 6.34. The highest BCUT2D eigenvalue weighted by Crippen LogP contribution is 2.31. The molecule has 0 aliphatic heterocycles. The van der Waals surface area contributed by atoms with E-state index in [1.807, 2.05) is 32.0 Å². The number of aromatic hydroxyl groups is 1. The fraction of sp³-hybridized carbons (Fsp3) is 0.273. The van der Waals surface area contributed by atoms with Crippen molar-refractivity contribution in [1.82, 2.24) is 24.9 Å². The number of phenolic OH excluding ortho intramolecular Hbond substituents is 1. The number of nitrogens with zero attached hydrogens (tertiary/aromatic N) is 5. The molecule has 1 amide bonds. The first-order valence-electron chi connectivity index (χ1n) is 14.5. The van der Waals surface area contributed by atoms with E-state index in [1.54, 1.807) is 24.7 Å². The number of aromatic amines is 1. The molecule has 10 heteroatoms. The van der Waals surface area contributed by atoms with Gasteiger partial charge < -0.3 is 15.4 Å². The van der Waals surface area contributed by atoms with Gasteiger partial charge in [-0.3, -0.25) is 14.8 Å². The van der Waals surface area contributed by atoms with Crippen molar-refractivity contribution in [3.8, 4) is 28.1 Å². The zero-order valence-corrected chi connectivity index (χ0v) is 24.1. The number of H-pyrrole nitrogens is 1. The van der Waals surface area contributed by atoms with Gasteiger partial charge >= 0.3 is 0 Å². The van der Waals surface area contributed by atoms with E-state index in [1.165, 1.54) is 12.1 Å². The van der Waals surface area contributed by atoms with Gasteiger partial charge in [-0.25, -0.2) is 19.3 Å². The Morgan fingerprint density at radius 2 is 1.93 bits per heavy atom. The minimum absolute atomic E-state index is 0.0364. The molecule has 1 saturated carbocycles. The maximum Gasteiger partial charge on any atom is 0.227 e. The molecule has 0 saturated heterocycles. The second-order valence-corrected chi connectivity index (χ2v) is 10.9. The number of rotatable bonds is 8. The summed E-state index contributed by atoms with van der Waals surface area (Å²) in [6, 6.07) is 11.4. The average molecular weight is 578 g/mol. The molecule has 0 spiro atoms. The molecule has 3 N–H and O–H groups in total. The zero-order valence-electron chi connectivity index (χ0n) is 24.1. The third-order valence-electron chi connectivity index (χ3n) is 7.64. The van der Waals surface area contributed by atoms with Crippen LogP contribution in [0.3, 0.4) is 0 Å². The summed E-state index contributed by atoms with van der Waals surface area (Å²) in [5, 5.41) is 13.0. The topological polar surface area (TPSA) is 129 Å². The van der Waals surface area contributed by atoms with Gasteiger partial charge in [-0.2, -0.15) is 0 Å². The Hall–Kier alpha value is -4.99. The highest BCUT2D eigenvalue weighted by Gasteiger charge is 2.23. The maximum absolute atomic E-state index is 14.1. The lowest BCUT2D eigenvalue weighted by atomic mass is 10.1. The first-order chi connectivity index (χ1) is 20.9. The van der Waals surface area contributed by atoms with Gasteiger partial charge in [0.2, 0.25) is 5.91 Å². The highest BCUT2D eigenvalue weighted by atomic mass is 19.1. The number of aryl methyl sites for hydroxylation is 1. The Bertz CT molecular complexity index is 1820. The van der Waals surface area contributed by atoms with Gasteiger partial charge in [0.1, 0.15) is 22.8 Å². The predicted molar refractivity (Wildman–Crippen MR) is 165 cm³/mol. The SMILES string of the molecule is CCC/N=C(/c1nc2c(-c3cc(O)cc(F)c3)ccnc2[nH]1)c1nc(-c2cncc(NC(=O)C3CCCC3)c2)ccc1C. The van der Waals surface area contributed by atoms with Gasteiger partial charge in [-0.1, -0.05) is 25.8 Å². The third-order valence-corrected chi connectivity index (χ3v) is 7.64. The van der Waals surface area contributed by atoms with Crippen LogP contribution in [-0.4, -0.2) is 48.2 Å². The molecule has 1 aromatic carbocycles. The number of phenols is 1. The van der Waals surface area contributed by atoms with Gasteiger partial charge in [-0.05, 0) is 67.6 Å². The molecule has 4 heterocycles. The Morgan fingerprint density at radius 3 is 2.72 bits per heavy atom.